The van der Waals surface area contributed by atoms with E-state index in [9.17, 15) is 14.4 Å². The minimum Gasteiger partial charge on any atom is -0.343 e. The second-order valence-corrected chi connectivity index (χ2v) is 7.27. The third kappa shape index (κ3) is 3.44. The van der Waals surface area contributed by atoms with E-state index in [4.69, 9.17) is 0 Å². The fourth-order valence-electron chi connectivity index (χ4n) is 3.20. The van der Waals surface area contributed by atoms with Gasteiger partial charge in [0, 0.05) is 24.5 Å². The van der Waals surface area contributed by atoms with Crippen molar-refractivity contribution in [2.24, 2.45) is 0 Å². The zero-order valence-corrected chi connectivity index (χ0v) is 15.7. The summed E-state index contributed by atoms with van der Waals surface area (Å²) in [5, 5.41) is 5.61. The first-order valence-electron chi connectivity index (χ1n) is 8.84. The largest absolute Gasteiger partial charge is 0.343 e. The summed E-state index contributed by atoms with van der Waals surface area (Å²) >= 11 is 1.46. The molecular formula is C21H17N3O3S. The lowest BCUT2D eigenvalue weighted by atomic mass is 10.1. The molecule has 0 spiro atoms. The molecule has 0 aliphatic carbocycles. The van der Waals surface area contributed by atoms with E-state index in [2.05, 4.69) is 10.3 Å². The van der Waals surface area contributed by atoms with Crippen molar-refractivity contribution in [3.8, 4) is 0 Å². The highest BCUT2D eigenvalue weighted by atomic mass is 32.1. The summed E-state index contributed by atoms with van der Waals surface area (Å²) in [4.78, 5) is 42.9. The molecule has 1 aromatic heterocycles. The molecule has 0 bridgehead atoms. The number of thiazole rings is 1. The number of aromatic nitrogens is 1. The van der Waals surface area contributed by atoms with Crippen LogP contribution in [0.1, 0.15) is 43.7 Å². The number of benzene rings is 2. The van der Waals surface area contributed by atoms with Crippen LogP contribution in [0.3, 0.4) is 0 Å². The highest BCUT2D eigenvalue weighted by Crippen LogP contribution is 2.25. The molecule has 2 aromatic carbocycles. The second-order valence-electron chi connectivity index (χ2n) is 6.34. The fourth-order valence-corrected chi connectivity index (χ4v) is 3.91. The Labute approximate surface area is 165 Å². The van der Waals surface area contributed by atoms with E-state index >= 15 is 0 Å². The zero-order chi connectivity index (χ0) is 19.5. The van der Waals surface area contributed by atoms with Crippen molar-refractivity contribution in [2.45, 2.75) is 12.5 Å². The Morgan fingerprint density at radius 2 is 1.64 bits per heavy atom. The fraction of sp³-hybridized carbons (Fsp3) is 0.143. The van der Waals surface area contributed by atoms with Gasteiger partial charge in [-0.1, -0.05) is 42.5 Å². The molecule has 2 heterocycles. The highest BCUT2D eigenvalue weighted by Gasteiger charge is 2.35. The van der Waals surface area contributed by atoms with Crippen LogP contribution in [0, 0.1) is 0 Å². The third-order valence-corrected chi connectivity index (χ3v) is 5.42. The lowest BCUT2D eigenvalue weighted by Crippen LogP contribution is -2.36. The Morgan fingerprint density at radius 1 is 1.00 bits per heavy atom. The molecule has 3 aromatic rings. The molecule has 3 amide bonds. The average molecular weight is 391 g/mol. The van der Waals surface area contributed by atoms with Gasteiger partial charge in [-0.15, -0.1) is 11.3 Å². The maximum Gasteiger partial charge on any atom is 0.261 e. The van der Waals surface area contributed by atoms with Gasteiger partial charge in [0.1, 0.15) is 11.0 Å². The van der Waals surface area contributed by atoms with E-state index in [1.807, 2.05) is 35.7 Å². The van der Waals surface area contributed by atoms with Crippen molar-refractivity contribution in [3.63, 3.8) is 0 Å². The molecule has 1 atom stereocenters. The maximum atomic E-state index is 12.6. The minimum atomic E-state index is -0.365. The van der Waals surface area contributed by atoms with Gasteiger partial charge in [-0.25, -0.2) is 4.98 Å². The van der Waals surface area contributed by atoms with E-state index in [1.54, 1.807) is 30.5 Å². The molecule has 1 N–H and O–H groups in total. The predicted octanol–water partition coefficient (Wildman–Crippen LogP) is 3.04. The van der Waals surface area contributed by atoms with Gasteiger partial charge in [0.05, 0.1) is 11.1 Å². The van der Waals surface area contributed by atoms with Gasteiger partial charge >= 0.3 is 0 Å². The summed E-state index contributed by atoms with van der Waals surface area (Å²) in [5.74, 6) is -0.957. The van der Waals surface area contributed by atoms with Gasteiger partial charge in [-0.2, -0.15) is 0 Å². The number of amides is 3. The van der Waals surface area contributed by atoms with Crippen LogP contribution >= 0.6 is 11.3 Å². The minimum absolute atomic E-state index is 0.0280. The zero-order valence-electron chi connectivity index (χ0n) is 14.9. The number of hydrogen-bond acceptors (Lipinski definition) is 5. The predicted molar refractivity (Wildman–Crippen MR) is 105 cm³/mol. The Bertz CT molecular complexity index is 983. The summed E-state index contributed by atoms with van der Waals surface area (Å²) in [5.41, 5.74) is 1.70. The monoisotopic (exact) mass is 391 g/mol. The van der Waals surface area contributed by atoms with Crippen molar-refractivity contribution in [2.75, 3.05) is 6.54 Å². The molecule has 1 aliphatic heterocycles. The third-order valence-electron chi connectivity index (χ3n) is 4.58. The quantitative estimate of drug-likeness (QED) is 0.655. The van der Waals surface area contributed by atoms with E-state index in [-0.39, 0.29) is 36.7 Å². The van der Waals surface area contributed by atoms with E-state index < -0.39 is 0 Å². The second kappa shape index (κ2) is 7.74. The van der Waals surface area contributed by atoms with Crippen LogP contribution in [0.4, 0.5) is 0 Å². The number of nitrogens with zero attached hydrogens (tertiary/aromatic N) is 2. The Kier molecular flexibility index (Phi) is 4.99. The van der Waals surface area contributed by atoms with E-state index in [0.717, 1.165) is 15.5 Å². The Morgan fingerprint density at radius 3 is 2.25 bits per heavy atom. The van der Waals surface area contributed by atoms with Gasteiger partial charge in [0.15, 0.2) is 0 Å². The number of carbonyl (C=O) groups is 3. The number of rotatable bonds is 6. The van der Waals surface area contributed by atoms with E-state index in [0.29, 0.717) is 11.1 Å². The molecule has 6 nitrogen and oxygen atoms in total. The summed E-state index contributed by atoms with van der Waals surface area (Å²) in [7, 11) is 0. The van der Waals surface area contributed by atoms with Crippen molar-refractivity contribution in [3.05, 3.63) is 87.9 Å². The van der Waals surface area contributed by atoms with E-state index in [1.165, 1.54) is 11.3 Å². The van der Waals surface area contributed by atoms with Crippen molar-refractivity contribution in [1.29, 1.82) is 0 Å². The average Bonchev–Trinajstić information content (AvgIpc) is 3.34. The molecule has 4 rings (SSSR count). The van der Waals surface area contributed by atoms with Crippen molar-refractivity contribution < 1.29 is 14.4 Å². The van der Waals surface area contributed by atoms with Gasteiger partial charge in [-0.3, -0.25) is 19.3 Å². The normalized spacial score (nSPS) is 14.1. The van der Waals surface area contributed by atoms with Crippen LogP contribution < -0.4 is 5.32 Å². The number of fused-ring (bicyclic) bond motifs is 1. The molecule has 0 saturated carbocycles. The smallest absolute Gasteiger partial charge is 0.261 e. The molecule has 0 saturated heterocycles. The molecular weight excluding hydrogens is 374 g/mol. The van der Waals surface area contributed by atoms with Gasteiger partial charge < -0.3 is 5.32 Å². The summed E-state index contributed by atoms with van der Waals surface area (Å²) in [6, 6.07) is 15.9. The number of nitrogens with one attached hydrogen (secondary N) is 1. The van der Waals surface area contributed by atoms with Crippen LogP contribution in [0.2, 0.25) is 0 Å². The SMILES string of the molecule is O=C(CCN1C(=O)c2ccccc2C1=O)NC(c1ccccc1)c1nccs1. The first-order valence-corrected chi connectivity index (χ1v) is 9.72. The van der Waals surface area contributed by atoms with Crippen LogP contribution in [-0.2, 0) is 4.79 Å². The summed E-state index contributed by atoms with van der Waals surface area (Å²) < 4.78 is 0. The van der Waals surface area contributed by atoms with Crippen LogP contribution in [0.25, 0.3) is 0 Å². The first kappa shape index (κ1) is 18.1. The van der Waals surface area contributed by atoms with Gasteiger partial charge in [-0.05, 0) is 17.7 Å². The molecule has 0 fully saturated rings. The van der Waals surface area contributed by atoms with Crippen LogP contribution in [0.5, 0.6) is 0 Å². The molecule has 0 radical (unpaired) electrons. The Hall–Kier alpha value is -3.32. The number of carbonyl (C=O) groups excluding carboxylic acids is 3. The topological polar surface area (TPSA) is 79.4 Å². The Balaban J connectivity index is 1.44. The highest BCUT2D eigenvalue weighted by molar-refractivity contribution is 7.09. The van der Waals surface area contributed by atoms with Crippen molar-refractivity contribution in [1.82, 2.24) is 15.2 Å². The summed E-state index contributed by atoms with van der Waals surface area (Å²) in [6.07, 6.45) is 1.72. The van der Waals surface area contributed by atoms with Crippen LogP contribution in [0.15, 0.2) is 66.2 Å². The standard InChI is InChI=1S/C21H17N3O3S/c25-17(10-12-24-20(26)15-8-4-5-9-16(15)21(24)27)23-18(19-22-11-13-28-19)14-6-2-1-3-7-14/h1-9,11,13,18H,10,12H2,(H,23,25). The number of imide groups is 1. The van der Waals surface area contributed by atoms with Crippen LogP contribution in [-0.4, -0.2) is 34.2 Å². The first-order chi connectivity index (χ1) is 13.6. The summed E-state index contributed by atoms with van der Waals surface area (Å²) in [6.45, 7) is 0.0392. The van der Waals surface area contributed by atoms with Crippen molar-refractivity contribution >= 4 is 29.1 Å². The van der Waals surface area contributed by atoms with Gasteiger partial charge in [0.2, 0.25) is 5.91 Å². The lowest BCUT2D eigenvalue weighted by molar-refractivity contribution is -0.121. The van der Waals surface area contributed by atoms with Gasteiger partial charge in [0.25, 0.3) is 11.8 Å². The maximum absolute atomic E-state index is 12.6. The molecule has 140 valence electrons. The molecule has 1 aliphatic rings. The molecule has 28 heavy (non-hydrogen) atoms. The lowest BCUT2D eigenvalue weighted by Gasteiger charge is -2.18. The molecule has 1 unspecified atom stereocenters. The number of hydrogen-bond donors (Lipinski definition) is 1. The molecule has 7 heteroatoms.